The van der Waals surface area contributed by atoms with Crippen molar-refractivity contribution in [3.63, 3.8) is 0 Å². The van der Waals surface area contributed by atoms with Crippen LogP contribution in [-0.4, -0.2) is 16.8 Å². The summed E-state index contributed by atoms with van der Waals surface area (Å²) in [6.45, 7) is 3.99. The van der Waals surface area contributed by atoms with E-state index >= 15 is 0 Å². The Balaban J connectivity index is 2.04. The van der Waals surface area contributed by atoms with E-state index in [1.807, 2.05) is 32.0 Å². The number of benzene rings is 1. The van der Waals surface area contributed by atoms with Crippen LogP contribution < -0.4 is 5.32 Å². The van der Waals surface area contributed by atoms with Gasteiger partial charge in [0.15, 0.2) is 0 Å². The lowest BCUT2D eigenvalue weighted by Crippen LogP contribution is -2.38. The van der Waals surface area contributed by atoms with E-state index < -0.39 is 0 Å². The molecule has 2 nitrogen and oxygen atoms in total. The molecular weight excluding hydrogens is 290 g/mol. The van der Waals surface area contributed by atoms with E-state index in [4.69, 9.17) is 0 Å². The first-order chi connectivity index (χ1) is 8.58. The Labute approximate surface area is 117 Å². The zero-order valence-corrected chi connectivity index (χ0v) is 12.6. The normalized spacial score (nSPS) is 23.7. The lowest BCUT2D eigenvalue weighted by Gasteiger charge is -2.26. The summed E-state index contributed by atoms with van der Waals surface area (Å²) in [4.78, 5) is 12.9. The molecule has 1 aliphatic carbocycles. The van der Waals surface area contributed by atoms with E-state index in [1.54, 1.807) is 0 Å². The maximum absolute atomic E-state index is 12.3. The van der Waals surface area contributed by atoms with Crippen LogP contribution in [0.3, 0.4) is 0 Å². The molecule has 0 atom stereocenters. The fourth-order valence-corrected chi connectivity index (χ4v) is 3.16. The molecule has 1 fully saturated rings. The molecule has 2 rings (SSSR count). The second kappa shape index (κ2) is 5.87. The van der Waals surface area contributed by atoms with Crippen molar-refractivity contribution < 1.29 is 4.79 Å². The first kappa shape index (κ1) is 13.6. The predicted molar refractivity (Wildman–Crippen MR) is 78.4 cm³/mol. The van der Waals surface area contributed by atoms with Crippen molar-refractivity contribution in [1.29, 1.82) is 0 Å². The van der Waals surface area contributed by atoms with Crippen LogP contribution in [0.25, 0.3) is 0 Å². The van der Waals surface area contributed by atoms with Crippen molar-refractivity contribution in [2.24, 2.45) is 0 Å². The summed E-state index contributed by atoms with van der Waals surface area (Å²) in [5.41, 5.74) is 2.96. The Hall–Kier alpha value is -0.830. The number of hydrogen-bond acceptors (Lipinski definition) is 1. The molecule has 1 N–H and O–H groups in total. The van der Waals surface area contributed by atoms with Gasteiger partial charge in [0.05, 0.1) is 0 Å². The van der Waals surface area contributed by atoms with Crippen molar-refractivity contribution in [1.82, 2.24) is 5.32 Å². The van der Waals surface area contributed by atoms with Crippen molar-refractivity contribution in [2.45, 2.75) is 50.4 Å². The average Bonchev–Trinajstić information content (AvgIpc) is 2.32. The van der Waals surface area contributed by atoms with Crippen LogP contribution in [0, 0.1) is 13.8 Å². The second-order valence-corrected chi connectivity index (χ2v) is 6.48. The summed E-state index contributed by atoms with van der Waals surface area (Å²) in [5.74, 6) is 0.0867. The van der Waals surface area contributed by atoms with Crippen LogP contribution in [0.2, 0.25) is 0 Å². The SMILES string of the molecule is Cc1cccc(C)c1C(=O)NC1CCC(Br)CC1. The number of rotatable bonds is 2. The number of alkyl halides is 1. The number of carbonyl (C=O) groups excluding carboxylic acids is 1. The van der Waals surface area contributed by atoms with Gasteiger partial charge in [-0.05, 0) is 50.7 Å². The second-order valence-electron chi connectivity index (χ2n) is 5.19. The maximum atomic E-state index is 12.3. The predicted octanol–water partition coefficient (Wildman–Crippen LogP) is 3.74. The van der Waals surface area contributed by atoms with Crippen LogP contribution >= 0.6 is 15.9 Å². The summed E-state index contributed by atoms with van der Waals surface area (Å²) >= 11 is 3.64. The smallest absolute Gasteiger partial charge is 0.252 e. The third-order valence-electron chi connectivity index (χ3n) is 3.70. The van der Waals surface area contributed by atoms with E-state index in [2.05, 4.69) is 21.2 Å². The van der Waals surface area contributed by atoms with Crippen LogP contribution in [0.4, 0.5) is 0 Å². The van der Waals surface area contributed by atoms with Crippen LogP contribution in [0.1, 0.15) is 47.2 Å². The van der Waals surface area contributed by atoms with Crippen molar-refractivity contribution in [3.05, 3.63) is 34.9 Å². The van der Waals surface area contributed by atoms with Gasteiger partial charge in [0.2, 0.25) is 0 Å². The van der Waals surface area contributed by atoms with E-state index in [0.29, 0.717) is 10.9 Å². The highest BCUT2D eigenvalue weighted by molar-refractivity contribution is 9.09. The minimum absolute atomic E-state index is 0.0867. The standard InChI is InChI=1S/C15H20BrNO/c1-10-4-3-5-11(2)14(10)15(18)17-13-8-6-12(16)7-9-13/h3-5,12-13H,6-9H2,1-2H3,(H,17,18). The number of halogens is 1. The van der Waals surface area contributed by atoms with E-state index in [1.165, 1.54) is 0 Å². The van der Waals surface area contributed by atoms with Crippen LogP contribution in [0.5, 0.6) is 0 Å². The fourth-order valence-electron chi connectivity index (χ4n) is 2.63. The molecule has 0 aromatic heterocycles. The van der Waals surface area contributed by atoms with E-state index in [9.17, 15) is 4.79 Å². The quantitative estimate of drug-likeness (QED) is 0.828. The Morgan fingerprint density at radius 2 is 1.72 bits per heavy atom. The van der Waals surface area contributed by atoms with Gasteiger partial charge in [-0.15, -0.1) is 0 Å². The van der Waals surface area contributed by atoms with Gasteiger partial charge in [-0.2, -0.15) is 0 Å². The molecule has 0 unspecified atom stereocenters. The van der Waals surface area contributed by atoms with Crippen molar-refractivity contribution in [2.75, 3.05) is 0 Å². The minimum atomic E-state index is 0.0867. The third-order valence-corrected chi connectivity index (χ3v) is 4.62. The lowest BCUT2D eigenvalue weighted by molar-refractivity contribution is 0.0927. The molecule has 1 aromatic rings. The number of hydrogen-bond donors (Lipinski definition) is 1. The van der Waals surface area contributed by atoms with Gasteiger partial charge in [0.25, 0.3) is 5.91 Å². The largest absolute Gasteiger partial charge is 0.349 e. The molecule has 1 aromatic carbocycles. The molecular formula is C15H20BrNO. The maximum Gasteiger partial charge on any atom is 0.252 e. The lowest BCUT2D eigenvalue weighted by atomic mass is 9.94. The molecule has 1 aliphatic rings. The van der Waals surface area contributed by atoms with Gasteiger partial charge >= 0.3 is 0 Å². The van der Waals surface area contributed by atoms with Gasteiger partial charge in [-0.1, -0.05) is 34.1 Å². The molecule has 3 heteroatoms. The summed E-state index contributed by atoms with van der Waals surface area (Å²) in [6, 6.07) is 6.33. The van der Waals surface area contributed by atoms with Crippen LogP contribution in [0.15, 0.2) is 18.2 Å². The first-order valence-electron chi connectivity index (χ1n) is 6.59. The molecule has 0 heterocycles. The molecule has 0 saturated heterocycles. The topological polar surface area (TPSA) is 29.1 Å². The van der Waals surface area contributed by atoms with Gasteiger partial charge in [0.1, 0.15) is 0 Å². The van der Waals surface area contributed by atoms with Gasteiger partial charge in [0, 0.05) is 16.4 Å². The Bertz CT molecular complexity index is 416. The minimum Gasteiger partial charge on any atom is -0.349 e. The molecule has 18 heavy (non-hydrogen) atoms. The molecule has 0 bridgehead atoms. The number of nitrogens with one attached hydrogen (secondary N) is 1. The van der Waals surface area contributed by atoms with E-state index in [-0.39, 0.29) is 5.91 Å². The molecule has 1 amide bonds. The molecule has 0 aliphatic heterocycles. The molecule has 0 radical (unpaired) electrons. The van der Waals surface area contributed by atoms with Gasteiger partial charge in [-0.3, -0.25) is 4.79 Å². The Morgan fingerprint density at radius 1 is 1.17 bits per heavy atom. The highest BCUT2D eigenvalue weighted by Crippen LogP contribution is 2.24. The summed E-state index contributed by atoms with van der Waals surface area (Å²) in [7, 11) is 0. The number of aryl methyl sites for hydroxylation is 2. The highest BCUT2D eigenvalue weighted by atomic mass is 79.9. The fraction of sp³-hybridized carbons (Fsp3) is 0.533. The van der Waals surface area contributed by atoms with Crippen LogP contribution in [-0.2, 0) is 0 Å². The zero-order valence-electron chi connectivity index (χ0n) is 11.0. The Kier molecular flexibility index (Phi) is 4.44. The highest BCUT2D eigenvalue weighted by Gasteiger charge is 2.22. The van der Waals surface area contributed by atoms with Gasteiger partial charge in [-0.25, -0.2) is 0 Å². The molecule has 0 spiro atoms. The summed E-state index contributed by atoms with van der Waals surface area (Å²) in [6.07, 6.45) is 4.45. The summed E-state index contributed by atoms with van der Waals surface area (Å²) in [5, 5.41) is 3.18. The third kappa shape index (κ3) is 3.14. The van der Waals surface area contributed by atoms with Gasteiger partial charge < -0.3 is 5.32 Å². The average molecular weight is 310 g/mol. The van der Waals surface area contributed by atoms with E-state index in [0.717, 1.165) is 42.4 Å². The Morgan fingerprint density at radius 3 is 2.28 bits per heavy atom. The molecule has 1 saturated carbocycles. The monoisotopic (exact) mass is 309 g/mol. The van der Waals surface area contributed by atoms with Crippen molar-refractivity contribution >= 4 is 21.8 Å². The number of amides is 1. The van der Waals surface area contributed by atoms with Crippen molar-refractivity contribution in [3.8, 4) is 0 Å². The molecule has 98 valence electrons. The first-order valence-corrected chi connectivity index (χ1v) is 7.50. The zero-order chi connectivity index (χ0) is 13.1. The summed E-state index contributed by atoms with van der Waals surface area (Å²) < 4.78 is 0. The number of carbonyl (C=O) groups is 1.